The van der Waals surface area contributed by atoms with Gasteiger partial charge in [0, 0.05) is 6.42 Å². The quantitative estimate of drug-likeness (QED) is 0.0436. The summed E-state index contributed by atoms with van der Waals surface area (Å²) in [6.45, 7) is 4.35. The molecule has 51 heavy (non-hydrogen) atoms. The molecule has 0 bridgehead atoms. The number of aliphatic hydroxyl groups is 2. The van der Waals surface area contributed by atoms with E-state index >= 15 is 0 Å². The van der Waals surface area contributed by atoms with E-state index in [2.05, 4.69) is 55.6 Å². The van der Waals surface area contributed by atoms with Crippen LogP contribution in [0.5, 0.6) is 0 Å². The van der Waals surface area contributed by atoms with E-state index in [0.717, 1.165) is 38.5 Å². The molecule has 0 aliphatic heterocycles. The SMILES string of the molecule is CCCCCCC/C=C\C/C=C\C/C=C\CCCCCCCCCCC(=O)NC(CO)C(O)CCCCCCCCCCCCCCCCCC. The van der Waals surface area contributed by atoms with Gasteiger partial charge in [0.05, 0.1) is 18.8 Å². The third kappa shape index (κ3) is 39.6. The Morgan fingerprint density at radius 2 is 0.804 bits per heavy atom. The molecule has 0 spiro atoms. The number of carbonyl (C=O) groups is 1. The van der Waals surface area contributed by atoms with Gasteiger partial charge in [-0.25, -0.2) is 0 Å². The minimum Gasteiger partial charge on any atom is -0.394 e. The van der Waals surface area contributed by atoms with Crippen LogP contribution in [0.3, 0.4) is 0 Å². The maximum absolute atomic E-state index is 12.4. The summed E-state index contributed by atoms with van der Waals surface area (Å²) >= 11 is 0. The maximum atomic E-state index is 12.4. The van der Waals surface area contributed by atoms with Gasteiger partial charge in [-0.3, -0.25) is 4.79 Å². The second-order valence-electron chi connectivity index (χ2n) is 15.5. The Morgan fingerprint density at radius 3 is 1.20 bits per heavy atom. The van der Waals surface area contributed by atoms with Gasteiger partial charge in [-0.05, 0) is 51.4 Å². The summed E-state index contributed by atoms with van der Waals surface area (Å²) in [5.74, 6) is -0.0380. The van der Waals surface area contributed by atoms with Gasteiger partial charge in [0.1, 0.15) is 0 Å². The zero-order valence-electron chi connectivity index (χ0n) is 34.4. The molecule has 4 nitrogen and oxygen atoms in total. The van der Waals surface area contributed by atoms with Crippen molar-refractivity contribution in [1.82, 2.24) is 5.32 Å². The molecule has 0 saturated heterocycles. The average molecular weight is 716 g/mol. The van der Waals surface area contributed by atoms with E-state index in [1.165, 1.54) is 173 Å². The fraction of sp³-hybridized carbons (Fsp3) is 0.851. The Morgan fingerprint density at radius 1 is 0.471 bits per heavy atom. The number of nitrogens with one attached hydrogen (secondary N) is 1. The Kier molecular flexibility index (Phi) is 41.8. The Labute approximate surface area is 319 Å². The minimum atomic E-state index is -0.662. The van der Waals surface area contributed by atoms with Crippen LogP contribution < -0.4 is 5.32 Å². The number of aliphatic hydroxyl groups excluding tert-OH is 2. The first-order valence-corrected chi connectivity index (χ1v) is 22.7. The summed E-state index contributed by atoms with van der Waals surface area (Å²) in [4.78, 5) is 12.4. The van der Waals surface area contributed by atoms with Crippen molar-refractivity contribution in [1.29, 1.82) is 0 Å². The van der Waals surface area contributed by atoms with Crippen molar-refractivity contribution in [2.45, 2.75) is 251 Å². The molecule has 4 heteroatoms. The average Bonchev–Trinajstić information content (AvgIpc) is 3.13. The summed E-state index contributed by atoms with van der Waals surface area (Å²) in [5.41, 5.74) is 0. The van der Waals surface area contributed by atoms with Crippen molar-refractivity contribution in [3.63, 3.8) is 0 Å². The van der Waals surface area contributed by atoms with Crippen molar-refractivity contribution >= 4 is 5.91 Å². The molecule has 0 fully saturated rings. The predicted octanol–water partition coefficient (Wildman–Crippen LogP) is 14.2. The largest absolute Gasteiger partial charge is 0.394 e. The van der Waals surface area contributed by atoms with Crippen LogP contribution in [0.1, 0.15) is 239 Å². The number of unbranched alkanes of at least 4 members (excludes halogenated alkanes) is 28. The predicted molar refractivity (Wildman–Crippen MR) is 225 cm³/mol. The highest BCUT2D eigenvalue weighted by Gasteiger charge is 2.20. The molecule has 3 N–H and O–H groups in total. The Hall–Kier alpha value is -1.39. The highest BCUT2D eigenvalue weighted by molar-refractivity contribution is 5.76. The Bertz CT molecular complexity index is 775. The summed E-state index contributed by atoms with van der Waals surface area (Å²) < 4.78 is 0. The van der Waals surface area contributed by atoms with Crippen LogP contribution in [0, 0.1) is 0 Å². The second kappa shape index (κ2) is 43.0. The lowest BCUT2D eigenvalue weighted by Gasteiger charge is -2.22. The van der Waals surface area contributed by atoms with Crippen molar-refractivity contribution in [2.24, 2.45) is 0 Å². The molecule has 1 amide bonds. The standard InChI is InChI=1S/C47H89NO3/c1-3-5-7-9-11-13-15-17-19-21-22-23-24-25-26-27-29-31-33-35-37-39-41-43-47(51)48-45(44-49)46(50)42-40-38-36-34-32-30-28-20-18-16-14-12-10-8-6-4-2/h15,17,21-22,24-25,45-46,49-50H,3-14,16,18-20,23,26-44H2,1-2H3,(H,48,51)/b17-15-,22-21-,25-24-. The molecule has 0 aliphatic carbocycles. The molecule has 0 aromatic rings. The lowest BCUT2D eigenvalue weighted by Crippen LogP contribution is -2.45. The second-order valence-corrected chi connectivity index (χ2v) is 15.5. The molecule has 2 atom stereocenters. The van der Waals surface area contributed by atoms with E-state index in [-0.39, 0.29) is 12.5 Å². The molecule has 0 aliphatic rings. The van der Waals surface area contributed by atoms with Crippen molar-refractivity contribution in [3.05, 3.63) is 36.5 Å². The van der Waals surface area contributed by atoms with Crippen molar-refractivity contribution in [3.8, 4) is 0 Å². The van der Waals surface area contributed by atoms with Crippen LogP contribution in [-0.2, 0) is 4.79 Å². The van der Waals surface area contributed by atoms with E-state index in [0.29, 0.717) is 12.8 Å². The van der Waals surface area contributed by atoms with Gasteiger partial charge in [0.2, 0.25) is 5.91 Å². The highest BCUT2D eigenvalue weighted by atomic mass is 16.3. The number of hydrogen-bond donors (Lipinski definition) is 3. The number of amides is 1. The molecule has 2 unspecified atom stereocenters. The molecular weight excluding hydrogens is 627 g/mol. The molecule has 300 valence electrons. The summed E-state index contributed by atoms with van der Waals surface area (Å²) in [6.07, 6.45) is 56.5. The fourth-order valence-corrected chi connectivity index (χ4v) is 6.90. The van der Waals surface area contributed by atoms with E-state index in [1.54, 1.807) is 0 Å². The first kappa shape index (κ1) is 49.6. The third-order valence-corrected chi connectivity index (χ3v) is 10.4. The summed E-state index contributed by atoms with van der Waals surface area (Å²) in [7, 11) is 0. The van der Waals surface area contributed by atoms with Gasteiger partial charge >= 0.3 is 0 Å². The topological polar surface area (TPSA) is 69.6 Å². The molecule has 0 heterocycles. The van der Waals surface area contributed by atoms with Gasteiger partial charge in [-0.2, -0.15) is 0 Å². The molecule has 0 aromatic carbocycles. The fourth-order valence-electron chi connectivity index (χ4n) is 6.90. The minimum absolute atomic E-state index is 0.0380. The number of allylic oxidation sites excluding steroid dienone is 6. The number of hydrogen-bond acceptors (Lipinski definition) is 3. The van der Waals surface area contributed by atoms with Gasteiger partial charge in [0.15, 0.2) is 0 Å². The molecule has 0 aromatic heterocycles. The molecule has 0 rings (SSSR count). The first-order valence-electron chi connectivity index (χ1n) is 22.7. The molecule has 0 radical (unpaired) electrons. The summed E-state index contributed by atoms with van der Waals surface area (Å²) in [5, 5.41) is 23.2. The third-order valence-electron chi connectivity index (χ3n) is 10.4. The van der Waals surface area contributed by atoms with Crippen LogP contribution in [-0.4, -0.2) is 34.9 Å². The van der Waals surface area contributed by atoms with E-state index in [1.807, 2.05) is 0 Å². The smallest absolute Gasteiger partial charge is 0.220 e. The van der Waals surface area contributed by atoms with Crippen LogP contribution in [0.4, 0.5) is 0 Å². The zero-order valence-corrected chi connectivity index (χ0v) is 34.4. The first-order chi connectivity index (χ1) is 25.2. The molecule has 0 saturated carbocycles. The van der Waals surface area contributed by atoms with Crippen LogP contribution in [0.15, 0.2) is 36.5 Å². The molecular formula is C47H89NO3. The number of rotatable bonds is 41. The van der Waals surface area contributed by atoms with Crippen LogP contribution in [0.2, 0.25) is 0 Å². The zero-order chi connectivity index (χ0) is 37.1. The van der Waals surface area contributed by atoms with Crippen LogP contribution >= 0.6 is 0 Å². The van der Waals surface area contributed by atoms with Gasteiger partial charge in [-0.1, -0.05) is 217 Å². The van der Waals surface area contributed by atoms with Gasteiger partial charge in [0.25, 0.3) is 0 Å². The normalized spacial score (nSPS) is 13.3. The highest BCUT2D eigenvalue weighted by Crippen LogP contribution is 2.16. The van der Waals surface area contributed by atoms with Crippen molar-refractivity contribution in [2.75, 3.05) is 6.61 Å². The van der Waals surface area contributed by atoms with E-state index in [4.69, 9.17) is 0 Å². The van der Waals surface area contributed by atoms with Gasteiger partial charge in [-0.15, -0.1) is 0 Å². The number of carbonyl (C=O) groups excluding carboxylic acids is 1. The Balaban J connectivity index is 3.54. The van der Waals surface area contributed by atoms with E-state index < -0.39 is 12.1 Å². The van der Waals surface area contributed by atoms with Gasteiger partial charge < -0.3 is 15.5 Å². The monoisotopic (exact) mass is 716 g/mol. The lowest BCUT2D eigenvalue weighted by molar-refractivity contribution is -0.123. The van der Waals surface area contributed by atoms with Crippen molar-refractivity contribution < 1.29 is 15.0 Å². The maximum Gasteiger partial charge on any atom is 0.220 e. The van der Waals surface area contributed by atoms with E-state index in [9.17, 15) is 15.0 Å². The lowest BCUT2D eigenvalue weighted by atomic mass is 10.0. The van der Waals surface area contributed by atoms with Crippen LogP contribution in [0.25, 0.3) is 0 Å². The summed E-state index contributed by atoms with van der Waals surface area (Å²) in [6, 6.07) is -0.540.